The Balaban J connectivity index is 1.71. The number of carbonyl (C=O) groups excluding carboxylic acids is 2. The van der Waals surface area contributed by atoms with E-state index in [1.54, 1.807) is 24.1 Å². The maximum absolute atomic E-state index is 13.2. The van der Waals surface area contributed by atoms with Gasteiger partial charge in [0, 0.05) is 25.4 Å². The van der Waals surface area contributed by atoms with E-state index in [0.29, 0.717) is 18.4 Å². The van der Waals surface area contributed by atoms with Crippen LogP contribution in [0.5, 0.6) is 0 Å². The number of benzene rings is 1. The highest BCUT2D eigenvalue weighted by Crippen LogP contribution is 2.40. The van der Waals surface area contributed by atoms with Crippen molar-refractivity contribution in [2.75, 3.05) is 13.6 Å². The van der Waals surface area contributed by atoms with Crippen LogP contribution in [0.25, 0.3) is 0 Å². The van der Waals surface area contributed by atoms with Gasteiger partial charge in [0.25, 0.3) is 0 Å². The average Bonchev–Trinajstić information content (AvgIpc) is 3.46. The van der Waals surface area contributed by atoms with Crippen molar-refractivity contribution in [1.82, 2.24) is 10.2 Å². The number of amides is 2. The van der Waals surface area contributed by atoms with Gasteiger partial charge in [-0.3, -0.25) is 9.59 Å². The summed E-state index contributed by atoms with van der Waals surface area (Å²) in [5.74, 6) is 0.899. The molecule has 0 heterocycles. The molecule has 5 heteroatoms. The summed E-state index contributed by atoms with van der Waals surface area (Å²) in [7, 11) is 1.77. The zero-order valence-electron chi connectivity index (χ0n) is 14.5. The van der Waals surface area contributed by atoms with Crippen LogP contribution in [0.15, 0.2) is 24.3 Å². The minimum Gasteiger partial charge on any atom is -0.353 e. The van der Waals surface area contributed by atoms with Gasteiger partial charge in [0.15, 0.2) is 0 Å². The Morgan fingerprint density at radius 1 is 1.17 bits per heavy atom. The van der Waals surface area contributed by atoms with E-state index in [1.165, 1.54) is 12.1 Å². The van der Waals surface area contributed by atoms with Crippen molar-refractivity contribution >= 4 is 11.8 Å². The number of nitrogens with one attached hydrogen (secondary N) is 1. The van der Waals surface area contributed by atoms with Gasteiger partial charge in [-0.15, -0.1) is 0 Å². The second kappa shape index (κ2) is 6.54. The Morgan fingerprint density at radius 2 is 1.71 bits per heavy atom. The third-order valence-electron chi connectivity index (χ3n) is 5.41. The van der Waals surface area contributed by atoms with Gasteiger partial charge in [-0.2, -0.15) is 0 Å². The summed E-state index contributed by atoms with van der Waals surface area (Å²) in [6.07, 6.45) is 1.85. The zero-order chi connectivity index (χ0) is 17.4. The highest BCUT2D eigenvalue weighted by molar-refractivity contribution is 5.83. The van der Waals surface area contributed by atoms with Crippen LogP contribution in [0.2, 0.25) is 0 Å². The Kier molecular flexibility index (Phi) is 4.61. The molecular formula is C19H25FN2O2. The van der Waals surface area contributed by atoms with Crippen LogP contribution >= 0.6 is 0 Å². The van der Waals surface area contributed by atoms with Crippen LogP contribution in [0.4, 0.5) is 4.39 Å². The lowest BCUT2D eigenvalue weighted by molar-refractivity contribution is -0.134. The van der Waals surface area contributed by atoms with Gasteiger partial charge in [0.2, 0.25) is 11.8 Å². The van der Waals surface area contributed by atoms with Gasteiger partial charge < -0.3 is 10.2 Å². The molecule has 2 aliphatic carbocycles. The summed E-state index contributed by atoms with van der Waals surface area (Å²) in [6.45, 7) is 4.49. The minimum atomic E-state index is -0.307. The molecule has 5 atom stereocenters. The topological polar surface area (TPSA) is 49.4 Å². The first-order chi connectivity index (χ1) is 11.4. The first-order valence-electron chi connectivity index (χ1n) is 8.68. The highest BCUT2D eigenvalue weighted by Gasteiger charge is 2.43. The average molecular weight is 332 g/mol. The lowest BCUT2D eigenvalue weighted by atomic mass is 10.0. The second-order valence-electron chi connectivity index (χ2n) is 7.40. The number of hydrogen-bond donors (Lipinski definition) is 1. The number of hydrogen-bond acceptors (Lipinski definition) is 2. The van der Waals surface area contributed by atoms with Crippen LogP contribution in [0.1, 0.15) is 38.3 Å². The van der Waals surface area contributed by atoms with E-state index in [4.69, 9.17) is 0 Å². The third kappa shape index (κ3) is 3.60. The van der Waals surface area contributed by atoms with Crippen LogP contribution in [0, 0.1) is 29.5 Å². The molecule has 1 aromatic rings. The van der Waals surface area contributed by atoms with Crippen LogP contribution in [-0.4, -0.2) is 30.3 Å². The molecule has 0 aliphatic heterocycles. The van der Waals surface area contributed by atoms with Crippen LogP contribution < -0.4 is 5.32 Å². The highest BCUT2D eigenvalue weighted by atomic mass is 19.1. The number of halogens is 1. The Morgan fingerprint density at radius 3 is 2.21 bits per heavy atom. The van der Waals surface area contributed by atoms with Crippen molar-refractivity contribution in [3.05, 3.63) is 35.6 Å². The van der Waals surface area contributed by atoms with Crippen molar-refractivity contribution < 1.29 is 14.0 Å². The number of nitrogens with zero attached hydrogens (tertiary/aromatic N) is 1. The molecule has 2 saturated carbocycles. The van der Waals surface area contributed by atoms with Crippen molar-refractivity contribution in [3.8, 4) is 0 Å². The predicted octanol–water partition coefficient (Wildman–Crippen LogP) is 2.75. The molecule has 0 unspecified atom stereocenters. The molecule has 130 valence electrons. The minimum absolute atomic E-state index is 0.0512. The van der Waals surface area contributed by atoms with E-state index in [2.05, 4.69) is 19.2 Å². The Labute approximate surface area is 142 Å². The van der Waals surface area contributed by atoms with Gasteiger partial charge in [0.1, 0.15) is 5.82 Å². The molecule has 1 aromatic carbocycles. The number of rotatable bonds is 6. The molecule has 1 N–H and O–H groups in total. The standard InChI is InChI=1S/C19H25FN2O2/c1-11-8-15(11)18(23)21-10-17(13-4-6-14(20)7-5-13)22(3)19(24)16-9-12(16)2/h4-7,11-12,15-17H,8-10H2,1-3H3,(H,21,23)/t11-,12-,15+,16+,17-/m1/s1. The smallest absolute Gasteiger partial charge is 0.226 e. The molecular weight excluding hydrogens is 307 g/mol. The quantitative estimate of drug-likeness (QED) is 0.871. The molecule has 24 heavy (non-hydrogen) atoms. The van der Waals surface area contributed by atoms with Crippen molar-refractivity contribution in [2.24, 2.45) is 23.7 Å². The van der Waals surface area contributed by atoms with Crippen molar-refractivity contribution in [3.63, 3.8) is 0 Å². The predicted molar refractivity (Wildman–Crippen MR) is 89.5 cm³/mol. The van der Waals surface area contributed by atoms with Crippen molar-refractivity contribution in [1.29, 1.82) is 0 Å². The van der Waals surface area contributed by atoms with Crippen molar-refractivity contribution in [2.45, 2.75) is 32.7 Å². The molecule has 2 aliphatic rings. The Hall–Kier alpha value is -1.91. The van der Waals surface area contributed by atoms with Gasteiger partial charge in [-0.1, -0.05) is 26.0 Å². The fourth-order valence-corrected chi connectivity index (χ4v) is 3.26. The van der Waals surface area contributed by atoms with Crippen LogP contribution in [-0.2, 0) is 9.59 Å². The maximum Gasteiger partial charge on any atom is 0.226 e. The SMILES string of the molecule is C[C@@H]1C[C@@H]1C(=O)NC[C@H](c1ccc(F)cc1)N(C)C(=O)[C@H]1C[C@H]1C. The maximum atomic E-state index is 13.2. The summed E-state index contributed by atoms with van der Waals surface area (Å²) in [5.41, 5.74) is 0.838. The van der Waals surface area contributed by atoms with Gasteiger partial charge in [-0.05, 0) is 42.4 Å². The summed E-state index contributed by atoms with van der Waals surface area (Å²) in [6, 6.07) is 5.89. The van der Waals surface area contributed by atoms with E-state index in [9.17, 15) is 14.0 Å². The summed E-state index contributed by atoms with van der Waals surface area (Å²) in [4.78, 5) is 26.4. The summed E-state index contributed by atoms with van der Waals surface area (Å²) >= 11 is 0. The molecule has 0 saturated heterocycles. The number of likely N-dealkylation sites (N-methyl/N-ethyl adjacent to an activating group) is 1. The molecule has 0 bridgehead atoms. The fourth-order valence-electron chi connectivity index (χ4n) is 3.26. The van der Waals surface area contributed by atoms with E-state index in [-0.39, 0.29) is 35.5 Å². The second-order valence-corrected chi connectivity index (χ2v) is 7.40. The van der Waals surface area contributed by atoms with Gasteiger partial charge >= 0.3 is 0 Å². The third-order valence-corrected chi connectivity index (χ3v) is 5.41. The molecule has 2 amide bonds. The lowest BCUT2D eigenvalue weighted by Gasteiger charge is -2.29. The first-order valence-corrected chi connectivity index (χ1v) is 8.68. The first kappa shape index (κ1) is 16.9. The summed E-state index contributed by atoms with van der Waals surface area (Å²) < 4.78 is 13.2. The van der Waals surface area contributed by atoms with E-state index < -0.39 is 0 Å². The van der Waals surface area contributed by atoms with E-state index in [1.807, 2.05) is 0 Å². The molecule has 4 nitrogen and oxygen atoms in total. The molecule has 2 fully saturated rings. The lowest BCUT2D eigenvalue weighted by Crippen LogP contribution is -2.40. The summed E-state index contributed by atoms with van der Waals surface area (Å²) in [5, 5.41) is 2.97. The molecule has 0 aromatic heterocycles. The monoisotopic (exact) mass is 332 g/mol. The number of carbonyl (C=O) groups is 2. The largest absolute Gasteiger partial charge is 0.353 e. The zero-order valence-corrected chi connectivity index (χ0v) is 14.5. The van der Waals surface area contributed by atoms with E-state index in [0.717, 1.165) is 18.4 Å². The fraction of sp³-hybridized carbons (Fsp3) is 0.579. The normalized spacial score (nSPS) is 28.8. The van der Waals surface area contributed by atoms with Gasteiger partial charge in [0.05, 0.1) is 6.04 Å². The van der Waals surface area contributed by atoms with Crippen LogP contribution in [0.3, 0.4) is 0 Å². The molecule has 3 rings (SSSR count). The van der Waals surface area contributed by atoms with E-state index >= 15 is 0 Å². The van der Waals surface area contributed by atoms with Gasteiger partial charge in [-0.25, -0.2) is 4.39 Å². The molecule has 0 radical (unpaired) electrons. The molecule has 0 spiro atoms. The Bertz CT molecular complexity index is 631.